The molecule has 3 aromatic heterocycles. The zero-order chi connectivity index (χ0) is 15.2. The summed E-state index contributed by atoms with van der Waals surface area (Å²) in [6.45, 7) is 0. The first-order valence-corrected chi connectivity index (χ1v) is 8.22. The number of aromatic amines is 1. The number of oxazole rings is 1. The Morgan fingerprint density at radius 2 is 2.09 bits per heavy atom. The molecule has 3 heterocycles. The van der Waals surface area contributed by atoms with Gasteiger partial charge in [-0.05, 0) is 44.4 Å². The fourth-order valence-corrected chi connectivity index (χ4v) is 3.16. The van der Waals surface area contributed by atoms with Gasteiger partial charge in [-0.25, -0.2) is 4.98 Å². The Morgan fingerprint density at radius 1 is 1.17 bits per heavy atom. The third-order valence-electron chi connectivity index (χ3n) is 4.63. The van der Waals surface area contributed by atoms with Crippen LogP contribution in [-0.2, 0) is 19.3 Å². The Balaban J connectivity index is 1.43. The van der Waals surface area contributed by atoms with Crippen molar-refractivity contribution >= 4 is 0 Å². The molecule has 118 valence electrons. The van der Waals surface area contributed by atoms with Crippen LogP contribution in [0.1, 0.15) is 42.8 Å². The van der Waals surface area contributed by atoms with Crippen molar-refractivity contribution in [2.24, 2.45) is 5.92 Å². The van der Waals surface area contributed by atoms with Crippen molar-refractivity contribution < 1.29 is 8.94 Å². The van der Waals surface area contributed by atoms with Gasteiger partial charge in [0, 0.05) is 17.7 Å². The average molecular weight is 311 g/mol. The van der Waals surface area contributed by atoms with Crippen molar-refractivity contribution in [3.05, 3.63) is 23.4 Å². The predicted octanol–water partition coefficient (Wildman–Crippen LogP) is 2.95. The van der Waals surface area contributed by atoms with E-state index in [2.05, 4.69) is 25.3 Å². The Kier molecular flexibility index (Phi) is 2.86. The van der Waals surface area contributed by atoms with E-state index in [-0.39, 0.29) is 0 Å². The van der Waals surface area contributed by atoms with Gasteiger partial charge in [0.2, 0.25) is 5.82 Å². The van der Waals surface area contributed by atoms with Crippen LogP contribution in [0.3, 0.4) is 0 Å². The van der Waals surface area contributed by atoms with E-state index in [4.69, 9.17) is 8.94 Å². The topological polar surface area (TPSA) is 93.6 Å². The molecular formula is C16H17N5O2. The van der Waals surface area contributed by atoms with Crippen LogP contribution < -0.4 is 0 Å². The molecule has 0 saturated heterocycles. The quantitative estimate of drug-likeness (QED) is 0.796. The van der Waals surface area contributed by atoms with Gasteiger partial charge in [0.25, 0.3) is 5.89 Å². The van der Waals surface area contributed by atoms with Crippen LogP contribution in [0.15, 0.2) is 15.2 Å². The molecule has 5 rings (SSSR count). The molecule has 0 atom stereocenters. The van der Waals surface area contributed by atoms with Crippen molar-refractivity contribution in [3.8, 4) is 23.1 Å². The molecule has 0 aromatic carbocycles. The number of nitrogens with one attached hydrogen (secondary N) is 1. The molecule has 2 aliphatic carbocycles. The van der Waals surface area contributed by atoms with Gasteiger partial charge in [-0.1, -0.05) is 5.16 Å². The van der Waals surface area contributed by atoms with Crippen molar-refractivity contribution in [2.75, 3.05) is 0 Å². The summed E-state index contributed by atoms with van der Waals surface area (Å²) in [6.07, 6.45) is 9.47. The van der Waals surface area contributed by atoms with E-state index < -0.39 is 0 Å². The third kappa shape index (κ3) is 2.36. The maximum atomic E-state index is 5.50. The Hall–Kier alpha value is -2.44. The second-order valence-corrected chi connectivity index (χ2v) is 6.43. The van der Waals surface area contributed by atoms with Crippen LogP contribution in [0.25, 0.3) is 23.1 Å². The monoisotopic (exact) mass is 311 g/mol. The highest BCUT2D eigenvalue weighted by molar-refractivity contribution is 5.58. The molecule has 0 amide bonds. The zero-order valence-corrected chi connectivity index (χ0v) is 12.7. The third-order valence-corrected chi connectivity index (χ3v) is 4.63. The van der Waals surface area contributed by atoms with E-state index in [0.717, 1.165) is 36.8 Å². The van der Waals surface area contributed by atoms with Crippen LogP contribution in [-0.4, -0.2) is 25.3 Å². The van der Waals surface area contributed by atoms with Crippen LogP contribution in [0.5, 0.6) is 0 Å². The summed E-state index contributed by atoms with van der Waals surface area (Å²) >= 11 is 0. The SMILES string of the molecule is c1oc(CC2CC2)nc1-c1nc(-c2n[nH]c3c2CCCC3)no1. The lowest BCUT2D eigenvalue weighted by atomic mass is 9.96. The molecule has 1 saturated carbocycles. The minimum absolute atomic E-state index is 0.387. The summed E-state index contributed by atoms with van der Waals surface area (Å²) in [6, 6.07) is 0. The lowest BCUT2D eigenvalue weighted by molar-refractivity contribution is 0.430. The number of hydrogen-bond acceptors (Lipinski definition) is 6. The van der Waals surface area contributed by atoms with Gasteiger partial charge in [-0.15, -0.1) is 0 Å². The van der Waals surface area contributed by atoms with E-state index in [1.54, 1.807) is 6.26 Å². The number of aryl methyl sites for hydroxylation is 1. The first-order chi connectivity index (χ1) is 11.4. The van der Waals surface area contributed by atoms with E-state index in [1.807, 2.05) is 0 Å². The standard InChI is InChI=1S/C16H17N5O2/c1-2-4-11-10(3-1)14(20-19-11)15-18-16(23-21-15)12-8-22-13(17-12)7-9-5-6-9/h8-9H,1-7H2,(H,19,20). The molecular weight excluding hydrogens is 294 g/mol. The maximum absolute atomic E-state index is 5.50. The highest BCUT2D eigenvalue weighted by Gasteiger charge is 2.25. The number of rotatable bonds is 4. The summed E-state index contributed by atoms with van der Waals surface area (Å²) in [4.78, 5) is 8.91. The number of hydrogen-bond donors (Lipinski definition) is 1. The molecule has 0 unspecified atom stereocenters. The van der Waals surface area contributed by atoms with Gasteiger partial charge < -0.3 is 8.94 Å². The molecule has 1 fully saturated rings. The van der Waals surface area contributed by atoms with Crippen molar-refractivity contribution in [2.45, 2.75) is 44.9 Å². The van der Waals surface area contributed by atoms with Gasteiger partial charge in [-0.2, -0.15) is 10.1 Å². The van der Waals surface area contributed by atoms with Crippen LogP contribution in [0, 0.1) is 5.92 Å². The molecule has 7 heteroatoms. The second-order valence-electron chi connectivity index (χ2n) is 6.43. The van der Waals surface area contributed by atoms with E-state index >= 15 is 0 Å². The lowest BCUT2D eigenvalue weighted by Gasteiger charge is -2.09. The molecule has 0 spiro atoms. The van der Waals surface area contributed by atoms with Gasteiger partial charge in [0.05, 0.1) is 0 Å². The van der Waals surface area contributed by atoms with Gasteiger partial charge in [0.15, 0.2) is 11.6 Å². The molecule has 0 radical (unpaired) electrons. The van der Waals surface area contributed by atoms with E-state index in [1.165, 1.54) is 36.9 Å². The Bertz CT molecular complexity index is 842. The minimum Gasteiger partial charge on any atom is -0.448 e. The van der Waals surface area contributed by atoms with Crippen LogP contribution >= 0.6 is 0 Å². The van der Waals surface area contributed by atoms with Crippen molar-refractivity contribution in [1.29, 1.82) is 0 Å². The van der Waals surface area contributed by atoms with Crippen LogP contribution in [0.4, 0.5) is 0 Å². The van der Waals surface area contributed by atoms with E-state index in [9.17, 15) is 0 Å². The summed E-state index contributed by atoms with van der Waals surface area (Å²) in [5, 5.41) is 11.6. The fraction of sp³-hybridized carbons (Fsp3) is 0.500. The van der Waals surface area contributed by atoms with Gasteiger partial charge in [-0.3, -0.25) is 5.10 Å². The zero-order valence-electron chi connectivity index (χ0n) is 12.7. The highest BCUT2D eigenvalue weighted by Crippen LogP contribution is 2.33. The van der Waals surface area contributed by atoms with E-state index in [0.29, 0.717) is 17.4 Å². The molecule has 2 aliphatic rings. The Morgan fingerprint density at radius 3 is 3.00 bits per heavy atom. The largest absolute Gasteiger partial charge is 0.448 e. The predicted molar refractivity (Wildman–Crippen MR) is 80.4 cm³/mol. The summed E-state index contributed by atoms with van der Waals surface area (Å²) in [5.74, 6) is 2.39. The maximum Gasteiger partial charge on any atom is 0.280 e. The fourth-order valence-electron chi connectivity index (χ4n) is 3.16. The lowest BCUT2D eigenvalue weighted by Crippen LogP contribution is -2.01. The first kappa shape index (κ1) is 13.0. The Labute approximate surface area is 132 Å². The second kappa shape index (κ2) is 5.04. The molecule has 1 N–H and O–H groups in total. The average Bonchev–Trinajstić information content (AvgIpc) is 2.98. The highest BCUT2D eigenvalue weighted by atomic mass is 16.5. The smallest absolute Gasteiger partial charge is 0.280 e. The number of nitrogens with zero attached hydrogens (tertiary/aromatic N) is 4. The summed E-state index contributed by atoms with van der Waals surface area (Å²) < 4.78 is 10.9. The summed E-state index contributed by atoms with van der Waals surface area (Å²) in [7, 11) is 0. The summed E-state index contributed by atoms with van der Waals surface area (Å²) in [5.41, 5.74) is 3.82. The van der Waals surface area contributed by atoms with Gasteiger partial charge >= 0.3 is 0 Å². The molecule has 0 aliphatic heterocycles. The van der Waals surface area contributed by atoms with Crippen molar-refractivity contribution in [1.82, 2.24) is 25.3 Å². The molecule has 7 nitrogen and oxygen atoms in total. The van der Waals surface area contributed by atoms with Gasteiger partial charge in [0.1, 0.15) is 12.0 Å². The molecule has 0 bridgehead atoms. The normalized spacial score (nSPS) is 17.4. The number of aromatic nitrogens is 5. The first-order valence-electron chi connectivity index (χ1n) is 8.22. The number of fused-ring (bicyclic) bond motifs is 1. The minimum atomic E-state index is 0.387. The number of H-pyrrole nitrogens is 1. The van der Waals surface area contributed by atoms with Crippen LogP contribution in [0.2, 0.25) is 0 Å². The van der Waals surface area contributed by atoms with Crippen molar-refractivity contribution in [3.63, 3.8) is 0 Å². The molecule has 3 aromatic rings. The molecule has 23 heavy (non-hydrogen) atoms.